The number of aliphatic hydroxyl groups is 1. The number of hydrogen-bond donors (Lipinski definition) is 2. The molecule has 0 rings (SSSR count). The van der Waals surface area contributed by atoms with Crippen LogP contribution in [0.1, 0.15) is 0 Å². The minimum atomic E-state index is -4.38. The van der Waals surface area contributed by atoms with E-state index in [0.717, 1.165) is 0 Å². The standard InChI is InChI=1S/C3H6O5S.ClH/c4-1-3(2-5)9(6,7)8;/h1,3,5H,2H2,(H,6,7,8);1H. The Bertz CT molecular complexity index is 185. The Labute approximate surface area is 64.2 Å². The maximum atomic E-state index is 9.96. The van der Waals surface area contributed by atoms with Crippen LogP contribution in [0.15, 0.2) is 0 Å². The zero-order valence-corrected chi connectivity index (χ0v) is 6.43. The van der Waals surface area contributed by atoms with E-state index in [-0.39, 0.29) is 18.7 Å². The molecular formula is C3H7ClO5S. The van der Waals surface area contributed by atoms with Gasteiger partial charge in [-0.2, -0.15) is 8.42 Å². The molecule has 0 aliphatic carbocycles. The molecule has 7 heteroatoms. The Morgan fingerprint density at radius 2 is 1.90 bits per heavy atom. The summed E-state index contributed by atoms with van der Waals surface area (Å²) in [7, 11) is -4.38. The lowest BCUT2D eigenvalue weighted by Crippen LogP contribution is -2.25. The Hall–Kier alpha value is -0.170. The highest BCUT2D eigenvalue weighted by Gasteiger charge is 2.20. The number of hydrogen-bond acceptors (Lipinski definition) is 4. The first-order valence-corrected chi connectivity index (χ1v) is 3.55. The van der Waals surface area contributed by atoms with Gasteiger partial charge in [0, 0.05) is 0 Å². The summed E-state index contributed by atoms with van der Waals surface area (Å²) in [6.45, 7) is -0.887. The second kappa shape index (κ2) is 4.62. The van der Waals surface area contributed by atoms with Gasteiger partial charge in [0.15, 0.2) is 5.25 Å². The van der Waals surface area contributed by atoms with E-state index in [0.29, 0.717) is 0 Å². The van der Waals surface area contributed by atoms with Crippen molar-refractivity contribution in [3.8, 4) is 0 Å². The second-order valence-corrected chi connectivity index (χ2v) is 3.01. The lowest BCUT2D eigenvalue weighted by Gasteiger charge is -1.98. The molecule has 62 valence electrons. The van der Waals surface area contributed by atoms with Gasteiger partial charge in [0.1, 0.15) is 6.29 Å². The fraction of sp³-hybridized carbons (Fsp3) is 0.667. The zero-order chi connectivity index (χ0) is 7.49. The maximum Gasteiger partial charge on any atom is 0.277 e. The number of carbonyl (C=O) groups is 1. The summed E-state index contributed by atoms with van der Waals surface area (Å²) >= 11 is 0. The fourth-order valence-electron chi connectivity index (χ4n) is 0.207. The largest absolute Gasteiger partial charge is 0.394 e. The highest BCUT2D eigenvalue weighted by molar-refractivity contribution is 7.87. The molecule has 0 bridgehead atoms. The molecule has 0 aromatic carbocycles. The Kier molecular flexibility index (Phi) is 5.77. The molecule has 5 nitrogen and oxygen atoms in total. The third-order valence-electron chi connectivity index (χ3n) is 0.714. The quantitative estimate of drug-likeness (QED) is 0.434. The molecule has 1 atom stereocenters. The van der Waals surface area contributed by atoms with Gasteiger partial charge in [-0.1, -0.05) is 0 Å². The number of halogens is 1. The summed E-state index contributed by atoms with van der Waals surface area (Å²) in [6, 6.07) is 0. The van der Waals surface area contributed by atoms with E-state index in [2.05, 4.69) is 0 Å². The molecule has 10 heavy (non-hydrogen) atoms. The van der Waals surface area contributed by atoms with Crippen LogP contribution >= 0.6 is 12.4 Å². The summed E-state index contributed by atoms with van der Waals surface area (Å²) in [5, 5.41) is 6.39. The van der Waals surface area contributed by atoms with Gasteiger partial charge in [-0.3, -0.25) is 4.55 Å². The van der Waals surface area contributed by atoms with Gasteiger partial charge in [-0.15, -0.1) is 12.4 Å². The van der Waals surface area contributed by atoms with Crippen LogP contribution in [-0.4, -0.2) is 36.2 Å². The summed E-state index contributed by atoms with van der Waals surface area (Å²) in [5.41, 5.74) is 0. The van der Waals surface area contributed by atoms with Crippen LogP contribution in [0.4, 0.5) is 0 Å². The molecule has 0 aliphatic heterocycles. The van der Waals surface area contributed by atoms with Gasteiger partial charge in [-0.05, 0) is 0 Å². The Morgan fingerprint density at radius 3 is 1.90 bits per heavy atom. The van der Waals surface area contributed by atoms with Crippen LogP contribution in [0.3, 0.4) is 0 Å². The average Bonchev–Trinajstić information content (AvgIpc) is 1.65. The summed E-state index contributed by atoms with van der Waals surface area (Å²) in [5.74, 6) is 0. The third kappa shape index (κ3) is 3.78. The average molecular weight is 191 g/mol. The predicted molar refractivity (Wildman–Crippen MR) is 35.7 cm³/mol. The first-order chi connectivity index (χ1) is 4.02. The minimum Gasteiger partial charge on any atom is -0.394 e. The van der Waals surface area contributed by atoms with Crippen molar-refractivity contribution in [3.05, 3.63) is 0 Å². The van der Waals surface area contributed by atoms with Crippen LogP contribution in [0.2, 0.25) is 0 Å². The van der Waals surface area contributed by atoms with Crippen LogP contribution < -0.4 is 0 Å². The van der Waals surface area contributed by atoms with Crippen LogP contribution in [-0.2, 0) is 14.9 Å². The lowest BCUT2D eigenvalue weighted by atomic mass is 10.5. The molecule has 2 N–H and O–H groups in total. The van der Waals surface area contributed by atoms with E-state index in [1.807, 2.05) is 0 Å². The number of rotatable bonds is 3. The third-order valence-corrected chi connectivity index (χ3v) is 1.74. The van der Waals surface area contributed by atoms with Gasteiger partial charge in [0.25, 0.3) is 10.1 Å². The highest BCUT2D eigenvalue weighted by Crippen LogP contribution is 1.91. The van der Waals surface area contributed by atoms with E-state index in [1.165, 1.54) is 0 Å². The molecule has 0 saturated carbocycles. The molecule has 0 saturated heterocycles. The number of carbonyl (C=O) groups excluding carboxylic acids is 1. The van der Waals surface area contributed by atoms with Crippen molar-refractivity contribution < 1.29 is 22.9 Å². The van der Waals surface area contributed by atoms with E-state index in [4.69, 9.17) is 9.66 Å². The summed E-state index contributed by atoms with van der Waals surface area (Å²) < 4.78 is 28.0. The number of aliphatic hydroxyl groups excluding tert-OH is 1. The molecule has 0 amide bonds. The van der Waals surface area contributed by atoms with E-state index in [9.17, 15) is 13.2 Å². The van der Waals surface area contributed by atoms with Gasteiger partial charge in [0.05, 0.1) is 6.61 Å². The van der Waals surface area contributed by atoms with Gasteiger partial charge in [-0.25, -0.2) is 0 Å². The highest BCUT2D eigenvalue weighted by atomic mass is 35.5. The zero-order valence-electron chi connectivity index (χ0n) is 4.80. The predicted octanol–water partition coefficient (Wildman–Crippen LogP) is -1.14. The van der Waals surface area contributed by atoms with E-state index < -0.39 is 22.0 Å². The fourth-order valence-corrected chi connectivity index (χ4v) is 0.536. The molecule has 0 aliphatic rings. The summed E-state index contributed by atoms with van der Waals surface area (Å²) in [4.78, 5) is 9.68. The summed E-state index contributed by atoms with van der Waals surface area (Å²) in [6.07, 6.45) is -0.0324. The van der Waals surface area contributed by atoms with Crippen molar-refractivity contribution >= 4 is 28.8 Å². The minimum absolute atomic E-state index is 0. The molecule has 1 unspecified atom stereocenters. The van der Waals surface area contributed by atoms with Crippen molar-refractivity contribution in [3.63, 3.8) is 0 Å². The van der Waals surface area contributed by atoms with Crippen LogP contribution in [0.5, 0.6) is 0 Å². The maximum absolute atomic E-state index is 9.96. The van der Waals surface area contributed by atoms with Gasteiger partial charge in [0.2, 0.25) is 0 Å². The Morgan fingerprint density at radius 1 is 1.50 bits per heavy atom. The topological polar surface area (TPSA) is 91.7 Å². The van der Waals surface area contributed by atoms with Crippen molar-refractivity contribution in [2.45, 2.75) is 5.25 Å². The van der Waals surface area contributed by atoms with E-state index >= 15 is 0 Å². The van der Waals surface area contributed by atoms with Crippen LogP contribution in [0, 0.1) is 0 Å². The molecule has 0 aromatic rings. The van der Waals surface area contributed by atoms with Crippen molar-refractivity contribution in [2.75, 3.05) is 6.61 Å². The van der Waals surface area contributed by atoms with Crippen molar-refractivity contribution in [1.29, 1.82) is 0 Å². The SMILES string of the molecule is Cl.O=CC(CO)S(=O)(=O)O. The van der Waals surface area contributed by atoms with Gasteiger partial charge < -0.3 is 9.90 Å². The van der Waals surface area contributed by atoms with Crippen molar-refractivity contribution in [1.82, 2.24) is 0 Å². The number of aldehydes is 1. The van der Waals surface area contributed by atoms with Crippen LogP contribution in [0.25, 0.3) is 0 Å². The molecular weight excluding hydrogens is 184 g/mol. The second-order valence-electron chi connectivity index (χ2n) is 1.37. The molecule has 0 spiro atoms. The van der Waals surface area contributed by atoms with E-state index in [1.54, 1.807) is 0 Å². The first kappa shape index (κ1) is 12.5. The monoisotopic (exact) mass is 190 g/mol. The molecule has 0 radical (unpaired) electrons. The van der Waals surface area contributed by atoms with Gasteiger partial charge >= 0.3 is 0 Å². The Balaban J connectivity index is 0. The normalized spacial score (nSPS) is 13.4. The smallest absolute Gasteiger partial charge is 0.277 e. The molecule has 0 aromatic heterocycles. The molecule has 0 heterocycles. The lowest BCUT2D eigenvalue weighted by molar-refractivity contribution is -0.108. The van der Waals surface area contributed by atoms with Crippen molar-refractivity contribution in [2.24, 2.45) is 0 Å². The molecule has 0 fully saturated rings. The first-order valence-electron chi connectivity index (χ1n) is 2.05.